The maximum Gasteiger partial charge on any atom is 0.299 e. The number of halogens is 1. The lowest BCUT2D eigenvalue weighted by Crippen LogP contribution is -2.31. The molecule has 0 unspecified atom stereocenters. The molecule has 2 rings (SSSR count). The molecular weight excluding hydrogens is 243 g/mol. The average Bonchev–Trinajstić information content (AvgIpc) is 3.21. The Morgan fingerprint density at radius 2 is 2.26 bits per heavy atom. The van der Waals surface area contributed by atoms with Gasteiger partial charge in [0.2, 0.25) is 0 Å². The van der Waals surface area contributed by atoms with E-state index in [4.69, 9.17) is 5.26 Å². The first kappa shape index (κ1) is 13.1. The summed E-state index contributed by atoms with van der Waals surface area (Å²) in [6.45, 7) is 1.81. The number of nitriles is 1. The molecular formula is C15H13FN2O. The van der Waals surface area contributed by atoms with E-state index in [9.17, 15) is 9.18 Å². The van der Waals surface area contributed by atoms with Crippen molar-refractivity contribution < 1.29 is 9.18 Å². The number of amides is 1. The van der Waals surface area contributed by atoms with Crippen LogP contribution in [0.25, 0.3) is 0 Å². The fraction of sp³-hybridized carbons (Fsp3) is 0.333. The Hall–Kier alpha value is -2.33. The Morgan fingerprint density at radius 3 is 2.79 bits per heavy atom. The fourth-order valence-corrected chi connectivity index (χ4v) is 1.86. The Balaban J connectivity index is 2.19. The van der Waals surface area contributed by atoms with Crippen molar-refractivity contribution in [3.8, 4) is 17.9 Å². The fourth-order valence-electron chi connectivity index (χ4n) is 1.86. The van der Waals surface area contributed by atoms with E-state index in [0.29, 0.717) is 5.56 Å². The van der Waals surface area contributed by atoms with Gasteiger partial charge in [0.15, 0.2) is 0 Å². The van der Waals surface area contributed by atoms with Crippen LogP contribution in [0.15, 0.2) is 18.2 Å². The van der Waals surface area contributed by atoms with Crippen molar-refractivity contribution in [1.29, 1.82) is 5.26 Å². The highest BCUT2D eigenvalue weighted by molar-refractivity contribution is 5.93. The molecule has 0 atom stereocenters. The van der Waals surface area contributed by atoms with Gasteiger partial charge in [-0.3, -0.25) is 4.79 Å². The molecule has 4 heteroatoms. The lowest BCUT2D eigenvalue weighted by molar-refractivity contribution is -0.126. The molecule has 0 aliphatic heterocycles. The molecule has 0 aromatic heterocycles. The third kappa shape index (κ3) is 3.11. The Morgan fingerprint density at radius 1 is 1.53 bits per heavy atom. The maximum atomic E-state index is 13.8. The van der Waals surface area contributed by atoms with Gasteiger partial charge in [-0.2, -0.15) is 5.26 Å². The predicted molar refractivity (Wildman–Crippen MR) is 68.1 cm³/mol. The van der Waals surface area contributed by atoms with Crippen molar-refractivity contribution in [2.24, 2.45) is 0 Å². The Kier molecular flexibility index (Phi) is 3.82. The molecule has 96 valence electrons. The molecule has 3 nitrogen and oxygen atoms in total. The quantitative estimate of drug-likeness (QED) is 0.778. The lowest BCUT2D eigenvalue weighted by Gasteiger charge is -2.20. The van der Waals surface area contributed by atoms with Gasteiger partial charge in [-0.1, -0.05) is 12.0 Å². The second-order valence-electron chi connectivity index (χ2n) is 4.46. The van der Waals surface area contributed by atoms with Crippen molar-refractivity contribution in [3.63, 3.8) is 0 Å². The van der Waals surface area contributed by atoms with Crippen LogP contribution in [0, 0.1) is 29.0 Å². The van der Waals surface area contributed by atoms with Crippen molar-refractivity contribution in [1.82, 2.24) is 4.90 Å². The van der Waals surface area contributed by atoms with Gasteiger partial charge in [-0.05, 0) is 37.8 Å². The minimum atomic E-state index is -0.457. The van der Waals surface area contributed by atoms with Crippen LogP contribution < -0.4 is 0 Å². The van der Waals surface area contributed by atoms with Crippen LogP contribution in [-0.2, 0) is 11.3 Å². The third-order valence-electron chi connectivity index (χ3n) is 3.00. The minimum absolute atomic E-state index is 0.170. The molecule has 19 heavy (non-hydrogen) atoms. The molecule has 0 bridgehead atoms. The summed E-state index contributed by atoms with van der Waals surface area (Å²) < 4.78 is 13.8. The Labute approximate surface area is 111 Å². The molecule has 1 aromatic carbocycles. The van der Waals surface area contributed by atoms with E-state index in [-0.39, 0.29) is 24.1 Å². The number of nitrogens with zero attached hydrogens (tertiary/aromatic N) is 2. The van der Waals surface area contributed by atoms with E-state index in [1.165, 1.54) is 6.07 Å². The summed E-state index contributed by atoms with van der Waals surface area (Å²) in [5.74, 6) is 4.34. The normalized spacial score (nSPS) is 13.1. The van der Waals surface area contributed by atoms with Crippen LogP contribution in [0.2, 0.25) is 0 Å². The number of benzene rings is 1. The smallest absolute Gasteiger partial charge is 0.299 e. The number of hydrogen-bond donors (Lipinski definition) is 0. The van der Waals surface area contributed by atoms with E-state index in [0.717, 1.165) is 12.8 Å². The largest absolute Gasteiger partial charge is 0.324 e. The molecule has 1 amide bonds. The summed E-state index contributed by atoms with van der Waals surface area (Å²) in [6.07, 6.45) is 1.88. The first-order chi connectivity index (χ1) is 9.15. The summed E-state index contributed by atoms with van der Waals surface area (Å²) in [5.41, 5.74) is 0.691. The van der Waals surface area contributed by atoms with E-state index in [2.05, 4.69) is 11.8 Å². The molecule has 0 radical (unpaired) electrons. The first-order valence-electron chi connectivity index (χ1n) is 6.07. The van der Waals surface area contributed by atoms with Crippen LogP contribution in [0.3, 0.4) is 0 Å². The highest BCUT2D eigenvalue weighted by atomic mass is 19.1. The van der Waals surface area contributed by atoms with Gasteiger partial charge in [-0.15, -0.1) is 0 Å². The van der Waals surface area contributed by atoms with E-state index >= 15 is 0 Å². The summed E-state index contributed by atoms with van der Waals surface area (Å²) in [7, 11) is 0. The lowest BCUT2D eigenvalue weighted by atomic mass is 10.1. The van der Waals surface area contributed by atoms with Crippen LogP contribution in [0.5, 0.6) is 0 Å². The molecule has 1 fully saturated rings. The zero-order valence-electron chi connectivity index (χ0n) is 10.6. The molecule has 1 aliphatic rings. The van der Waals surface area contributed by atoms with Gasteiger partial charge >= 0.3 is 0 Å². The van der Waals surface area contributed by atoms with Gasteiger partial charge in [-0.25, -0.2) is 4.39 Å². The Bertz CT molecular complexity index is 603. The molecule has 1 aromatic rings. The number of rotatable bonds is 3. The minimum Gasteiger partial charge on any atom is -0.324 e. The topological polar surface area (TPSA) is 44.1 Å². The second kappa shape index (κ2) is 5.54. The zero-order chi connectivity index (χ0) is 13.8. The average molecular weight is 256 g/mol. The predicted octanol–water partition coefficient (Wildman–Crippen LogP) is 2.21. The SMILES string of the molecule is CC#CC(=O)N(Cc1ccc(C#N)cc1F)C1CC1. The van der Waals surface area contributed by atoms with Crippen LogP contribution >= 0.6 is 0 Å². The number of carbonyl (C=O) groups is 1. The van der Waals surface area contributed by atoms with Crippen molar-refractivity contribution in [2.45, 2.75) is 32.4 Å². The van der Waals surface area contributed by atoms with Gasteiger partial charge in [0.25, 0.3) is 5.91 Å². The van der Waals surface area contributed by atoms with Crippen molar-refractivity contribution >= 4 is 5.91 Å². The van der Waals surface area contributed by atoms with Crippen LogP contribution in [-0.4, -0.2) is 16.8 Å². The standard InChI is InChI=1S/C15H13FN2O/c1-2-3-15(19)18(13-6-7-13)10-12-5-4-11(9-17)8-14(12)16/h4-5,8,13H,6-7,10H2,1H3. The molecule has 0 heterocycles. The number of hydrogen-bond acceptors (Lipinski definition) is 2. The van der Waals surface area contributed by atoms with Gasteiger partial charge < -0.3 is 4.90 Å². The van der Waals surface area contributed by atoms with E-state index in [1.807, 2.05) is 6.07 Å². The second-order valence-corrected chi connectivity index (χ2v) is 4.46. The summed E-state index contributed by atoms with van der Waals surface area (Å²) >= 11 is 0. The molecule has 0 N–H and O–H groups in total. The van der Waals surface area contributed by atoms with Gasteiger partial charge in [0.1, 0.15) is 5.82 Å². The molecule has 0 saturated heterocycles. The molecule has 1 saturated carbocycles. The highest BCUT2D eigenvalue weighted by Crippen LogP contribution is 2.28. The maximum absolute atomic E-state index is 13.8. The van der Waals surface area contributed by atoms with Gasteiger partial charge in [0, 0.05) is 18.2 Å². The van der Waals surface area contributed by atoms with Crippen LogP contribution in [0.1, 0.15) is 30.9 Å². The highest BCUT2D eigenvalue weighted by Gasteiger charge is 2.32. The van der Waals surface area contributed by atoms with Gasteiger partial charge in [0.05, 0.1) is 11.6 Å². The summed E-state index contributed by atoms with van der Waals surface area (Å²) in [5, 5.41) is 8.69. The summed E-state index contributed by atoms with van der Waals surface area (Å²) in [6, 6.07) is 6.35. The van der Waals surface area contributed by atoms with Crippen molar-refractivity contribution in [2.75, 3.05) is 0 Å². The monoisotopic (exact) mass is 256 g/mol. The third-order valence-corrected chi connectivity index (χ3v) is 3.00. The molecule has 0 spiro atoms. The summed E-state index contributed by atoms with van der Waals surface area (Å²) in [4.78, 5) is 13.4. The zero-order valence-corrected chi connectivity index (χ0v) is 10.6. The van der Waals surface area contributed by atoms with E-state index < -0.39 is 5.82 Å². The molecule has 1 aliphatic carbocycles. The van der Waals surface area contributed by atoms with Crippen molar-refractivity contribution in [3.05, 3.63) is 35.1 Å². The first-order valence-corrected chi connectivity index (χ1v) is 6.07. The van der Waals surface area contributed by atoms with E-state index in [1.54, 1.807) is 24.0 Å². The number of carbonyl (C=O) groups excluding carboxylic acids is 1. The van der Waals surface area contributed by atoms with Crippen LogP contribution in [0.4, 0.5) is 4.39 Å².